The maximum absolute atomic E-state index is 13.4. The van der Waals surface area contributed by atoms with E-state index >= 15 is 0 Å². The molecule has 26 heavy (non-hydrogen) atoms. The second kappa shape index (κ2) is 6.32. The van der Waals surface area contributed by atoms with Gasteiger partial charge in [0.25, 0.3) is 0 Å². The first kappa shape index (κ1) is 16.2. The number of likely N-dealkylation sites (tertiary alicyclic amines) is 1. The fourth-order valence-electron chi connectivity index (χ4n) is 5.53. The molecule has 1 aromatic carbocycles. The van der Waals surface area contributed by atoms with Crippen LogP contribution in [-0.4, -0.2) is 46.5 Å². The quantitative estimate of drug-likeness (QED) is 0.923. The van der Waals surface area contributed by atoms with Crippen LogP contribution in [0, 0.1) is 11.7 Å². The highest BCUT2D eigenvalue weighted by Gasteiger charge is 2.53. The van der Waals surface area contributed by atoms with Crippen molar-refractivity contribution < 1.29 is 4.39 Å². The van der Waals surface area contributed by atoms with Crippen LogP contribution in [0.2, 0.25) is 0 Å². The molecule has 6 rings (SSSR count). The molecule has 136 valence electrons. The van der Waals surface area contributed by atoms with Gasteiger partial charge < -0.3 is 5.73 Å². The Labute approximate surface area is 153 Å². The van der Waals surface area contributed by atoms with Crippen molar-refractivity contribution in [3.05, 3.63) is 59.5 Å². The Morgan fingerprint density at radius 1 is 1.08 bits per heavy atom. The van der Waals surface area contributed by atoms with Gasteiger partial charge >= 0.3 is 0 Å². The third-order valence-corrected chi connectivity index (χ3v) is 6.69. The van der Waals surface area contributed by atoms with Crippen molar-refractivity contribution in [3.63, 3.8) is 0 Å². The minimum atomic E-state index is -0.159. The SMILES string of the molecule is Nc1ncccc1CN1C[C@H](c2ccc(F)cc2)[C@H]2[C@@H]1C1CCN2CC1. The standard InChI is InChI=1S/C21H25FN4/c22-17-5-3-14(4-6-17)18-13-26(12-16-2-1-9-24-21(16)23)19-15-7-10-25(11-8-15)20(18)19/h1-6,9,15,18-20H,7-8,10-13H2,(H2,23,24)/t18-,19+,20+/m1/s1. The zero-order valence-corrected chi connectivity index (χ0v) is 14.9. The largest absolute Gasteiger partial charge is 0.383 e. The van der Waals surface area contributed by atoms with Gasteiger partial charge in [-0.1, -0.05) is 18.2 Å². The second-order valence-corrected chi connectivity index (χ2v) is 7.99. The van der Waals surface area contributed by atoms with E-state index in [9.17, 15) is 4.39 Å². The predicted molar refractivity (Wildman–Crippen MR) is 100 cm³/mol. The molecule has 0 amide bonds. The van der Waals surface area contributed by atoms with Crippen molar-refractivity contribution >= 4 is 5.82 Å². The maximum Gasteiger partial charge on any atom is 0.127 e. The van der Waals surface area contributed by atoms with Crippen LogP contribution in [0.25, 0.3) is 0 Å². The Morgan fingerprint density at radius 3 is 2.58 bits per heavy atom. The van der Waals surface area contributed by atoms with Crippen LogP contribution in [-0.2, 0) is 6.54 Å². The summed E-state index contributed by atoms with van der Waals surface area (Å²) in [5.74, 6) is 1.67. The van der Waals surface area contributed by atoms with Gasteiger partial charge in [-0.25, -0.2) is 9.37 Å². The predicted octanol–water partition coefficient (Wildman–Crippen LogP) is 2.87. The lowest BCUT2D eigenvalue weighted by Crippen LogP contribution is -2.60. The number of aromatic nitrogens is 1. The number of halogens is 1. The minimum absolute atomic E-state index is 0.159. The van der Waals surface area contributed by atoms with Gasteiger partial charge in [0.15, 0.2) is 0 Å². The fraction of sp³-hybridized carbons (Fsp3) is 0.476. The van der Waals surface area contributed by atoms with E-state index < -0.39 is 0 Å². The van der Waals surface area contributed by atoms with Crippen LogP contribution in [0.15, 0.2) is 42.6 Å². The van der Waals surface area contributed by atoms with Crippen molar-refractivity contribution in [2.45, 2.75) is 37.4 Å². The Kier molecular flexibility index (Phi) is 3.94. The lowest BCUT2D eigenvalue weighted by atomic mass is 9.75. The molecule has 0 aliphatic carbocycles. The van der Waals surface area contributed by atoms with E-state index in [1.54, 1.807) is 18.3 Å². The Balaban J connectivity index is 1.48. The molecule has 5 heteroatoms. The van der Waals surface area contributed by atoms with E-state index in [1.165, 1.54) is 31.5 Å². The summed E-state index contributed by atoms with van der Waals surface area (Å²) in [6, 6.07) is 12.3. The number of rotatable bonds is 3. The maximum atomic E-state index is 13.4. The number of hydrogen-bond donors (Lipinski definition) is 1. The molecule has 4 aliphatic rings. The van der Waals surface area contributed by atoms with Gasteiger partial charge in [0, 0.05) is 42.9 Å². The number of nitrogens with zero attached hydrogens (tertiary/aromatic N) is 3. The Morgan fingerprint density at radius 2 is 1.85 bits per heavy atom. The number of anilines is 1. The normalized spacial score (nSPS) is 33.3. The van der Waals surface area contributed by atoms with E-state index in [0.29, 0.717) is 23.8 Å². The van der Waals surface area contributed by atoms with Gasteiger partial charge in [0.2, 0.25) is 0 Å². The average Bonchev–Trinajstić information content (AvgIpc) is 3.07. The van der Waals surface area contributed by atoms with Crippen LogP contribution in [0.5, 0.6) is 0 Å². The molecule has 1 aromatic heterocycles. The number of pyridine rings is 1. The zero-order valence-electron chi connectivity index (χ0n) is 14.9. The molecule has 4 nitrogen and oxygen atoms in total. The lowest BCUT2D eigenvalue weighted by Gasteiger charge is -2.51. The molecule has 3 atom stereocenters. The van der Waals surface area contributed by atoms with Crippen LogP contribution >= 0.6 is 0 Å². The van der Waals surface area contributed by atoms with Gasteiger partial charge in [-0.05, 0) is 55.6 Å². The van der Waals surface area contributed by atoms with Gasteiger partial charge in [-0.2, -0.15) is 0 Å². The van der Waals surface area contributed by atoms with E-state index in [1.807, 2.05) is 18.2 Å². The molecule has 0 spiro atoms. The molecule has 0 unspecified atom stereocenters. The molecule has 4 fully saturated rings. The number of fused-ring (bicyclic) bond motifs is 2. The van der Waals surface area contributed by atoms with Crippen molar-refractivity contribution in [1.29, 1.82) is 0 Å². The van der Waals surface area contributed by atoms with Crippen molar-refractivity contribution in [2.75, 3.05) is 25.4 Å². The summed E-state index contributed by atoms with van der Waals surface area (Å²) in [6.07, 6.45) is 4.33. The van der Waals surface area contributed by atoms with Crippen LogP contribution in [0.4, 0.5) is 10.2 Å². The van der Waals surface area contributed by atoms with Crippen molar-refractivity contribution in [1.82, 2.24) is 14.8 Å². The van der Waals surface area contributed by atoms with Crippen LogP contribution in [0.1, 0.15) is 29.9 Å². The molecular formula is C21H25FN4. The highest BCUT2D eigenvalue weighted by Crippen LogP contribution is 2.47. The highest BCUT2D eigenvalue weighted by atomic mass is 19.1. The first-order valence-corrected chi connectivity index (χ1v) is 9.63. The Hall–Kier alpha value is -1.98. The molecule has 2 bridgehead atoms. The second-order valence-electron chi connectivity index (χ2n) is 7.99. The summed E-state index contributed by atoms with van der Waals surface area (Å²) in [5.41, 5.74) is 8.49. The number of benzene rings is 1. The molecule has 5 heterocycles. The lowest BCUT2D eigenvalue weighted by molar-refractivity contribution is -0.00866. The summed E-state index contributed by atoms with van der Waals surface area (Å²) in [4.78, 5) is 9.54. The molecule has 0 radical (unpaired) electrons. The zero-order chi connectivity index (χ0) is 17.7. The van der Waals surface area contributed by atoms with E-state index in [4.69, 9.17) is 5.73 Å². The molecular weight excluding hydrogens is 327 g/mol. The van der Waals surface area contributed by atoms with Gasteiger partial charge in [0.1, 0.15) is 11.6 Å². The minimum Gasteiger partial charge on any atom is -0.383 e. The van der Waals surface area contributed by atoms with Crippen molar-refractivity contribution in [3.8, 4) is 0 Å². The Bertz CT molecular complexity index is 785. The molecule has 2 aromatic rings. The van der Waals surface area contributed by atoms with E-state index in [0.717, 1.165) is 24.6 Å². The molecule has 4 saturated heterocycles. The first-order valence-electron chi connectivity index (χ1n) is 9.63. The summed E-state index contributed by atoms with van der Waals surface area (Å²) >= 11 is 0. The smallest absolute Gasteiger partial charge is 0.127 e. The van der Waals surface area contributed by atoms with E-state index in [-0.39, 0.29) is 5.82 Å². The van der Waals surface area contributed by atoms with Crippen LogP contribution in [0.3, 0.4) is 0 Å². The van der Waals surface area contributed by atoms with Crippen molar-refractivity contribution in [2.24, 2.45) is 5.92 Å². The fourth-order valence-corrected chi connectivity index (χ4v) is 5.53. The van der Waals surface area contributed by atoms with Gasteiger partial charge in [-0.15, -0.1) is 0 Å². The van der Waals surface area contributed by atoms with Crippen LogP contribution < -0.4 is 5.73 Å². The van der Waals surface area contributed by atoms with Gasteiger partial charge in [0.05, 0.1) is 0 Å². The molecule has 0 saturated carbocycles. The third-order valence-electron chi connectivity index (χ3n) is 6.69. The summed E-state index contributed by atoms with van der Waals surface area (Å²) < 4.78 is 13.4. The van der Waals surface area contributed by atoms with E-state index in [2.05, 4.69) is 20.9 Å². The summed E-state index contributed by atoms with van der Waals surface area (Å²) in [5, 5.41) is 0. The number of nitrogens with two attached hydrogens (primary N) is 1. The topological polar surface area (TPSA) is 45.4 Å². The summed E-state index contributed by atoms with van der Waals surface area (Å²) in [6.45, 7) is 4.25. The third kappa shape index (κ3) is 2.61. The molecule has 4 aliphatic heterocycles. The number of piperidine rings is 3. The summed E-state index contributed by atoms with van der Waals surface area (Å²) in [7, 11) is 0. The number of hydrogen-bond acceptors (Lipinski definition) is 4. The first-order chi connectivity index (χ1) is 12.7. The monoisotopic (exact) mass is 352 g/mol. The highest BCUT2D eigenvalue weighted by molar-refractivity contribution is 5.39. The van der Waals surface area contributed by atoms with Gasteiger partial charge in [-0.3, -0.25) is 9.80 Å². The average molecular weight is 352 g/mol. The molecule has 2 N–H and O–H groups in total. The number of nitrogen functional groups attached to an aromatic ring is 1.